The Kier molecular flexibility index (Phi) is 33.5. The van der Waals surface area contributed by atoms with Crippen LogP contribution in [0, 0.1) is 23.7 Å². The Morgan fingerprint density at radius 2 is 0.730 bits per heavy atom. The summed E-state index contributed by atoms with van der Waals surface area (Å²) in [5.74, 6) is -6.90. The van der Waals surface area contributed by atoms with E-state index in [1.807, 2.05) is 48.5 Å². The van der Waals surface area contributed by atoms with Gasteiger partial charge in [-0.05, 0) is 101 Å². The van der Waals surface area contributed by atoms with E-state index in [9.17, 15) is 43.2 Å². The van der Waals surface area contributed by atoms with E-state index < -0.39 is 107 Å². The van der Waals surface area contributed by atoms with E-state index in [0.29, 0.717) is 45.1 Å². The Morgan fingerprint density at radius 1 is 0.405 bits per heavy atom. The lowest BCUT2D eigenvalue weighted by atomic mass is 9.98. The number of hydrogen-bond donors (Lipinski definition) is 14. The predicted molar refractivity (Wildman–Crippen MR) is 286 cm³/mol. The summed E-state index contributed by atoms with van der Waals surface area (Å²) in [5, 5.41) is 21.9. The largest absolute Gasteiger partial charge is 0.370 e. The number of primary amides is 1. The SMILES string of the molecule is CCCC[C@H](NC(=O)[C@H](CC(C)C)NC(=O)[C@H](CC(C)C)NC(=O)[C@H](CC(C)C)NC(C)=O)C(=O)N[C@@H](CCCN=C(N)N)C(=O)N[C@H](C(=O)N[C@@H](CCCCN)C(=O)N[C@@H](CCCN=C(N)N)C(N)=O)C(C)C. The fourth-order valence-electron chi connectivity index (χ4n) is 7.77. The molecule has 424 valence electrons. The molecule has 0 spiro atoms. The van der Waals surface area contributed by atoms with Crippen molar-refractivity contribution in [3.63, 3.8) is 0 Å². The number of hydrogen-bond acceptors (Lipinski definition) is 12. The molecule has 0 aliphatic heterocycles. The summed E-state index contributed by atoms with van der Waals surface area (Å²) in [7, 11) is 0. The van der Waals surface area contributed by atoms with Crippen LogP contribution in [-0.4, -0.2) is 133 Å². The standard InChI is InChI=1S/C49H94N16O9/c1-11-12-17-33(61-45(72)37(25-28(4)5)64-46(73)38(26-29(6)7)63-44(71)36(24-27(2)3)58-31(10)66)42(69)60-35(20-16-23-57-49(54)55)43(70)65-39(30(8)9)47(74)62-34(18-13-14-21-50)41(68)59-32(40(51)67)19-15-22-56-48(52)53/h27-30,32-39H,11-26,50H2,1-10H3,(H2,51,67)(H,58,66)(H,59,68)(H,60,69)(H,61,72)(H,62,74)(H,63,71)(H,64,73)(H,65,70)(H4,52,53,56)(H4,54,55,57)/t32-,33-,34-,35-,36-,37-,38-,39-/m0/s1. The van der Waals surface area contributed by atoms with Crippen LogP contribution in [-0.2, 0) is 43.2 Å². The van der Waals surface area contributed by atoms with Gasteiger partial charge in [0.05, 0.1) is 0 Å². The summed E-state index contributed by atoms with van der Waals surface area (Å²) >= 11 is 0. The molecule has 0 aliphatic rings. The monoisotopic (exact) mass is 1050 g/mol. The van der Waals surface area contributed by atoms with E-state index in [-0.39, 0.29) is 87.7 Å². The third-order valence-electron chi connectivity index (χ3n) is 11.6. The van der Waals surface area contributed by atoms with E-state index >= 15 is 0 Å². The molecule has 20 N–H and O–H groups in total. The molecule has 74 heavy (non-hydrogen) atoms. The van der Waals surface area contributed by atoms with Gasteiger partial charge in [0.15, 0.2) is 11.9 Å². The molecule has 25 nitrogen and oxygen atoms in total. The van der Waals surface area contributed by atoms with Crippen molar-refractivity contribution in [3.05, 3.63) is 0 Å². The lowest BCUT2D eigenvalue weighted by molar-refractivity contribution is -0.136. The molecule has 0 saturated carbocycles. The molecule has 25 heteroatoms. The van der Waals surface area contributed by atoms with Crippen LogP contribution in [0.25, 0.3) is 0 Å². The number of nitrogens with zero attached hydrogens (tertiary/aromatic N) is 2. The molecule has 0 bridgehead atoms. The Bertz CT molecular complexity index is 1850. The van der Waals surface area contributed by atoms with E-state index in [1.54, 1.807) is 13.8 Å². The van der Waals surface area contributed by atoms with Gasteiger partial charge in [-0.2, -0.15) is 0 Å². The molecule has 0 fully saturated rings. The second kappa shape index (κ2) is 36.6. The fraction of sp³-hybridized carbons (Fsp3) is 0.776. The molecule has 0 aromatic heterocycles. The summed E-state index contributed by atoms with van der Waals surface area (Å²) in [6, 6.07) is -9.06. The molecule has 0 rings (SSSR count). The molecule has 0 heterocycles. The van der Waals surface area contributed by atoms with Crippen molar-refractivity contribution in [1.29, 1.82) is 0 Å². The molecule has 0 aliphatic carbocycles. The Morgan fingerprint density at radius 3 is 1.08 bits per heavy atom. The van der Waals surface area contributed by atoms with Crippen molar-refractivity contribution >= 4 is 65.1 Å². The van der Waals surface area contributed by atoms with Gasteiger partial charge in [-0.15, -0.1) is 0 Å². The number of nitrogens with two attached hydrogens (primary N) is 6. The summed E-state index contributed by atoms with van der Waals surface area (Å²) < 4.78 is 0. The van der Waals surface area contributed by atoms with Crippen molar-refractivity contribution in [1.82, 2.24) is 42.5 Å². The lowest BCUT2D eigenvalue weighted by Gasteiger charge is -2.29. The normalized spacial score (nSPS) is 14.5. The van der Waals surface area contributed by atoms with Gasteiger partial charge in [0, 0.05) is 20.0 Å². The first-order chi connectivity index (χ1) is 34.6. The zero-order valence-electron chi connectivity index (χ0n) is 45.8. The molecule has 9 amide bonds. The molecule has 0 radical (unpaired) electrons. The Labute approximate surface area is 438 Å². The van der Waals surface area contributed by atoms with Gasteiger partial charge in [-0.3, -0.25) is 53.1 Å². The van der Waals surface area contributed by atoms with Crippen molar-refractivity contribution < 1.29 is 43.2 Å². The average molecular weight is 1050 g/mol. The molecule has 0 unspecified atom stereocenters. The summed E-state index contributed by atoms with van der Waals surface area (Å²) in [6.07, 6.45) is 3.72. The van der Waals surface area contributed by atoms with Crippen LogP contribution >= 0.6 is 0 Å². The second-order valence-electron chi connectivity index (χ2n) is 20.5. The van der Waals surface area contributed by atoms with Gasteiger partial charge in [-0.1, -0.05) is 75.2 Å². The first kappa shape index (κ1) is 67.7. The van der Waals surface area contributed by atoms with E-state index in [1.165, 1.54) is 6.92 Å². The van der Waals surface area contributed by atoms with Gasteiger partial charge in [-0.25, -0.2) is 0 Å². The quantitative estimate of drug-likeness (QED) is 0.0192. The van der Waals surface area contributed by atoms with Crippen LogP contribution in [0.2, 0.25) is 0 Å². The molecule has 0 saturated heterocycles. The summed E-state index contributed by atoms with van der Waals surface area (Å²) in [6.45, 7) is 18.4. The van der Waals surface area contributed by atoms with Crippen LogP contribution in [0.3, 0.4) is 0 Å². The van der Waals surface area contributed by atoms with Crippen LogP contribution < -0.4 is 76.9 Å². The number of rotatable bonds is 38. The summed E-state index contributed by atoms with van der Waals surface area (Å²) in [4.78, 5) is 130. The highest BCUT2D eigenvalue weighted by Gasteiger charge is 2.35. The van der Waals surface area contributed by atoms with Crippen LogP contribution in [0.5, 0.6) is 0 Å². The highest BCUT2D eigenvalue weighted by molar-refractivity contribution is 5.98. The van der Waals surface area contributed by atoms with Gasteiger partial charge in [0.1, 0.15) is 48.3 Å². The Balaban J connectivity index is 6.75. The minimum Gasteiger partial charge on any atom is -0.370 e. The number of amides is 9. The lowest BCUT2D eigenvalue weighted by Crippen LogP contribution is -2.61. The van der Waals surface area contributed by atoms with Gasteiger partial charge in [0.2, 0.25) is 53.2 Å². The highest BCUT2D eigenvalue weighted by Crippen LogP contribution is 2.14. The molecule has 0 aromatic rings. The van der Waals surface area contributed by atoms with Crippen LogP contribution in [0.4, 0.5) is 0 Å². The van der Waals surface area contributed by atoms with Crippen LogP contribution in [0.1, 0.15) is 153 Å². The third kappa shape index (κ3) is 29.4. The topological polar surface area (TPSA) is 431 Å². The van der Waals surface area contributed by atoms with Crippen LogP contribution in [0.15, 0.2) is 9.98 Å². The smallest absolute Gasteiger partial charge is 0.243 e. The number of nitrogens with one attached hydrogen (secondary N) is 8. The van der Waals surface area contributed by atoms with Crippen molar-refractivity contribution in [2.24, 2.45) is 68.1 Å². The maximum atomic E-state index is 14.3. The maximum Gasteiger partial charge on any atom is 0.243 e. The number of carbonyl (C=O) groups is 9. The average Bonchev–Trinajstić information content (AvgIpc) is 3.29. The number of guanidine groups is 2. The minimum absolute atomic E-state index is 0.00794. The van der Waals surface area contributed by atoms with E-state index in [0.717, 1.165) is 0 Å². The van der Waals surface area contributed by atoms with Gasteiger partial charge < -0.3 is 76.9 Å². The second-order valence-corrected chi connectivity index (χ2v) is 20.5. The number of aliphatic imine (C=N–C) groups is 2. The van der Waals surface area contributed by atoms with Crippen molar-refractivity contribution in [2.75, 3.05) is 19.6 Å². The predicted octanol–water partition coefficient (Wildman–Crippen LogP) is -1.41. The number of carbonyl (C=O) groups excluding carboxylic acids is 9. The zero-order chi connectivity index (χ0) is 56.7. The van der Waals surface area contributed by atoms with Gasteiger partial charge >= 0.3 is 0 Å². The Hall–Kier alpha value is -6.27. The minimum atomic E-state index is -1.28. The molecule has 0 aromatic carbocycles. The highest BCUT2D eigenvalue weighted by atomic mass is 16.2. The van der Waals surface area contributed by atoms with E-state index in [2.05, 4.69) is 52.5 Å². The summed E-state index contributed by atoms with van der Waals surface area (Å²) in [5.41, 5.74) is 33.2. The molecule has 8 atom stereocenters. The van der Waals surface area contributed by atoms with Crippen molar-refractivity contribution in [3.8, 4) is 0 Å². The first-order valence-corrected chi connectivity index (χ1v) is 26.1. The van der Waals surface area contributed by atoms with Crippen molar-refractivity contribution in [2.45, 2.75) is 201 Å². The fourth-order valence-corrected chi connectivity index (χ4v) is 7.77. The first-order valence-electron chi connectivity index (χ1n) is 26.1. The van der Waals surface area contributed by atoms with E-state index in [4.69, 9.17) is 34.4 Å². The third-order valence-corrected chi connectivity index (χ3v) is 11.6. The molecular formula is C49H94N16O9. The maximum absolute atomic E-state index is 14.3. The zero-order valence-corrected chi connectivity index (χ0v) is 45.8. The number of unbranched alkanes of at least 4 members (excludes halogenated alkanes) is 2. The molecular weight excluding hydrogens is 957 g/mol. The van der Waals surface area contributed by atoms with Gasteiger partial charge in [0.25, 0.3) is 0 Å².